The molecule has 0 bridgehead atoms. The second-order valence-corrected chi connectivity index (χ2v) is 5.61. The van der Waals surface area contributed by atoms with Crippen LogP contribution in [0.5, 0.6) is 0 Å². The smallest absolute Gasteiger partial charge is 0.321 e. The third-order valence-electron chi connectivity index (χ3n) is 3.34. The van der Waals surface area contributed by atoms with E-state index in [1.54, 1.807) is 18.0 Å². The molecular formula is C13H18BrN3O. The predicted octanol–water partition coefficient (Wildman–Crippen LogP) is 3.12. The molecule has 5 heteroatoms. The first-order valence-electron chi connectivity index (χ1n) is 6.17. The SMILES string of the molecule is CN(C(=O)NC1CCCC1)c1ccc(Br)cc1N. The van der Waals surface area contributed by atoms with Gasteiger partial charge in [-0.05, 0) is 31.0 Å². The van der Waals surface area contributed by atoms with Gasteiger partial charge in [-0.3, -0.25) is 4.90 Å². The average molecular weight is 312 g/mol. The quantitative estimate of drug-likeness (QED) is 0.824. The van der Waals surface area contributed by atoms with Gasteiger partial charge >= 0.3 is 6.03 Å². The lowest BCUT2D eigenvalue weighted by molar-refractivity contribution is 0.244. The Kier molecular flexibility index (Phi) is 4.11. The number of nitrogen functional groups attached to an aromatic ring is 1. The molecule has 0 spiro atoms. The van der Waals surface area contributed by atoms with E-state index < -0.39 is 0 Å². The molecule has 1 saturated carbocycles. The van der Waals surface area contributed by atoms with Gasteiger partial charge in [0, 0.05) is 17.6 Å². The van der Waals surface area contributed by atoms with Crippen LogP contribution < -0.4 is 16.0 Å². The zero-order chi connectivity index (χ0) is 13.1. The summed E-state index contributed by atoms with van der Waals surface area (Å²) in [6.45, 7) is 0. The van der Waals surface area contributed by atoms with E-state index in [9.17, 15) is 4.79 Å². The third-order valence-corrected chi connectivity index (χ3v) is 3.83. The van der Waals surface area contributed by atoms with Gasteiger partial charge in [-0.15, -0.1) is 0 Å². The summed E-state index contributed by atoms with van der Waals surface area (Å²) in [7, 11) is 1.74. The summed E-state index contributed by atoms with van der Waals surface area (Å²) in [5.74, 6) is 0. The lowest BCUT2D eigenvalue weighted by Gasteiger charge is -2.22. The second-order valence-electron chi connectivity index (χ2n) is 4.69. The number of nitrogens with zero attached hydrogens (tertiary/aromatic N) is 1. The highest BCUT2D eigenvalue weighted by atomic mass is 79.9. The number of hydrogen-bond donors (Lipinski definition) is 2. The van der Waals surface area contributed by atoms with E-state index in [4.69, 9.17) is 5.73 Å². The van der Waals surface area contributed by atoms with Crippen LogP contribution in [0, 0.1) is 0 Å². The number of benzene rings is 1. The summed E-state index contributed by atoms with van der Waals surface area (Å²) in [6, 6.07) is 5.75. The van der Waals surface area contributed by atoms with Crippen molar-refractivity contribution >= 4 is 33.3 Å². The Morgan fingerprint density at radius 2 is 2.11 bits per heavy atom. The Balaban J connectivity index is 2.05. The van der Waals surface area contributed by atoms with Crippen molar-refractivity contribution < 1.29 is 4.79 Å². The van der Waals surface area contributed by atoms with Gasteiger partial charge in [-0.2, -0.15) is 0 Å². The average Bonchev–Trinajstić information content (AvgIpc) is 2.81. The fourth-order valence-corrected chi connectivity index (χ4v) is 2.66. The van der Waals surface area contributed by atoms with E-state index in [0.717, 1.165) is 23.0 Å². The maximum Gasteiger partial charge on any atom is 0.321 e. The highest BCUT2D eigenvalue weighted by molar-refractivity contribution is 9.10. The number of halogens is 1. The summed E-state index contributed by atoms with van der Waals surface area (Å²) < 4.78 is 0.911. The van der Waals surface area contributed by atoms with Crippen LogP contribution in [0.4, 0.5) is 16.2 Å². The minimum absolute atomic E-state index is 0.0871. The molecule has 0 heterocycles. The van der Waals surface area contributed by atoms with Gasteiger partial charge in [0.1, 0.15) is 0 Å². The molecule has 1 aromatic carbocycles. The van der Waals surface area contributed by atoms with E-state index >= 15 is 0 Å². The summed E-state index contributed by atoms with van der Waals surface area (Å²) in [6.07, 6.45) is 4.56. The minimum atomic E-state index is -0.0871. The van der Waals surface area contributed by atoms with Crippen molar-refractivity contribution in [3.63, 3.8) is 0 Å². The Hall–Kier alpha value is -1.23. The molecule has 0 saturated heterocycles. The van der Waals surface area contributed by atoms with Crippen LogP contribution in [0.2, 0.25) is 0 Å². The summed E-state index contributed by atoms with van der Waals surface area (Å²) in [5, 5.41) is 3.04. The highest BCUT2D eigenvalue weighted by Gasteiger charge is 2.20. The second kappa shape index (κ2) is 5.61. The number of carbonyl (C=O) groups is 1. The van der Waals surface area contributed by atoms with Crippen LogP contribution in [0.3, 0.4) is 0 Å². The molecule has 0 atom stereocenters. The molecule has 18 heavy (non-hydrogen) atoms. The Labute approximate surface area is 116 Å². The standard InChI is InChI=1S/C13H18BrN3O/c1-17(12-7-6-9(14)8-11(12)15)13(18)16-10-4-2-3-5-10/h6-8,10H,2-5,15H2,1H3,(H,16,18). The minimum Gasteiger partial charge on any atom is -0.397 e. The molecule has 3 N–H and O–H groups in total. The van der Waals surface area contributed by atoms with Gasteiger partial charge in [0.05, 0.1) is 11.4 Å². The number of rotatable bonds is 2. The van der Waals surface area contributed by atoms with Gasteiger partial charge in [-0.1, -0.05) is 28.8 Å². The number of nitrogens with one attached hydrogen (secondary N) is 1. The molecule has 1 fully saturated rings. The number of carbonyl (C=O) groups excluding carboxylic acids is 1. The van der Waals surface area contributed by atoms with Crippen LogP contribution in [-0.4, -0.2) is 19.1 Å². The number of nitrogens with two attached hydrogens (primary N) is 1. The van der Waals surface area contributed by atoms with Gasteiger partial charge in [0.15, 0.2) is 0 Å². The molecule has 1 aliphatic carbocycles. The summed E-state index contributed by atoms with van der Waals surface area (Å²) in [5.41, 5.74) is 7.24. The molecule has 0 radical (unpaired) electrons. The summed E-state index contributed by atoms with van der Waals surface area (Å²) in [4.78, 5) is 13.7. The topological polar surface area (TPSA) is 58.4 Å². The number of amides is 2. The van der Waals surface area contributed by atoms with Crippen molar-refractivity contribution in [3.8, 4) is 0 Å². The van der Waals surface area contributed by atoms with Gasteiger partial charge < -0.3 is 11.1 Å². The normalized spacial score (nSPS) is 15.7. The van der Waals surface area contributed by atoms with Crippen molar-refractivity contribution in [1.29, 1.82) is 0 Å². The van der Waals surface area contributed by atoms with Crippen LogP contribution in [0.15, 0.2) is 22.7 Å². The lowest BCUT2D eigenvalue weighted by atomic mass is 10.2. The van der Waals surface area contributed by atoms with Crippen LogP contribution in [-0.2, 0) is 0 Å². The molecule has 0 aliphatic heterocycles. The van der Waals surface area contributed by atoms with E-state index in [-0.39, 0.29) is 6.03 Å². The molecule has 1 aliphatic rings. The fourth-order valence-electron chi connectivity index (χ4n) is 2.28. The first-order chi connectivity index (χ1) is 8.58. The lowest BCUT2D eigenvalue weighted by Crippen LogP contribution is -2.42. The van der Waals surface area contributed by atoms with E-state index in [2.05, 4.69) is 21.2 Å². The zero-order valence-electron chi connectivity index (χ0n) is 10.4. The number of urea groups is 1. The first kappa shape index (κ1) is 13.2. The Bertz CT molecular complexity index is 444. The van der Waals surface area contributed by atoms with E-state index in [1.807, 2.05) is 12.1 Å². The molecule has 4 nitrogen and oxygen atoms in total. The van der Waals surface area contributed by atoms with Crippen molar-refractivity contribution in [2.75, 3.05) is 17.7 Å². The largest absolute Gasteiger partial charge is 0.397 e. The maximum absolute atomic E-state index is 12.1. The molecule has 2 rings (SSSR count). The predicted molar refractivity (Wildman–Crippen MR) is 77.7 cm³/mol. The van der Waals surface area contributed by atoms with E-state index in [0.29, 0.717) is 11.7 Å². The fraction of sp³-hybridized carbons (Fsp3) is 0.462. The molecule has 0 aromatic heterocycles. The van der Waals surface area contributed by atoms with Crippen molar-refractivity contribution in [3.05, 3.63) is 22.7 Å². The molecule has 1 aromatic rings. The highest BCUT2D eigenvalue weighted by Crippen LogP contribution is 2.26. The molecule has 98 valence electrons. The maximum atomic E-state index is 12.1. The monoisotopic (exact) mass is 311 g/mol. The molecule has 2 amide bonds. The Morgan fingerprint density at radius 1 is 1.44 bits per heavy atom. The van der Waals surface area contributed by atoms with Gasteiger partial charge in [0.2, 0.25) is 0 Å². The zero-order valence-corrected chi connectivity index (χ0v) is 12.0. The van der Waals surface area contributed by atoms with Crippen LogP contribution >= 0.6 is 15.9 Å². The van der Waals surface area contributed by atoms with Crippen molar-refractivity contribution in [2.45, 2.75) is 31.7 Å². The third kappa shape index (κ3) is 2.96. The van der Waals surface area contributed by atoms with Gasteiger partial charge in [0.25, 0.3) is 0 Å². The molecule has 0 unspecified atom stereocenters. The first-order valence-corrected chi connectivity index (χ1v) is 6.96. The van der Waals surface area contributed by atoms with Crippen LogP contribution in [0.1, 0.15) is 25.7 Å². The molecular weight excluding hydrogens is 294 g/mol. The number of anilines is 2. The Morgan fingerprint density at radius 3 is 2.72 bits per heavy atom. The summed E-state index contributed by atoms with van der Waals surface area (Å²) >= 11 is 3.35. The van der Waals surface area contributed by atoms with Crippen molar-refractivity contribution in [1.82, 2.24) is 5.32 Å². The number of hydrogen-bond acceptors (Lipinski definition) is 2. The van der Waals surface area contributed by atoms with Crippen molar-refractivity contribution in [2.24, 2.45) is 0 Å². The van der Waals surface area contributed by atoms with Gasteiger partial charge in [-0.25, -0.2) is 4.79 Å². The van der Waals surface area contributed by atoms with Crippen LogP contribution in [0.25, 0.3) is 0 Å². The van der Waals surface area contributed by atoms with E-state index in [1.165, 1.54) is 12.8 Å².